The van der Waals surface area contributed by atoms with E-state index in [9.17, 15) is 0 Å². The predicted molar refractivity (Wildman–Crippen MR) is 64.1 cm³/mol. The Morgan fingerprint density at radius 1 is 1.31 bits per heavy atom. The first kappa shape index (κ1) is 12.9. The first-order valence-corrected chi connectivity index (χ1v) is 5.51. The summed E-state index contributed by atoms with van der Waals surface area (Å²) in [6.45, 7) is 6.15. The van der Waals surface area contributed by atoms with Gasteiger partial charge in [-0.15, -0.1) is 0 Å². The van der Waals surface area contributed by atoms with Crippen LogP contribution in [0.1, 0.15) is 26.5 Å². The van der Waals surface area contributed by atoms with E-state index in [2.05, 4.69) is 34.6 Å². The van der Waals surface area contributed by atoms with Gasteiger partial charge in [-0.25, -0.2) is 15.4 Å². The van der Waals surface area contributed by atoms with Crippen molar-refractivity contribution in [2.45, 2.75) is 39.3 Å². The SMILES string of the molecule is CNOC(C)Cc1cc(NC(C)C)ncn1. The third kappa shape index (κ3) is 4.55. The second-order valence-electron chi connectivity index (χ2n) is 4.03. The fraction of sp³-hybridized carbons (Fsp3) is 0.636. The Morgan fingerprint density at radius 3 is 2.69 bits per heavy atom. The Bertz CT molecular complexity index is 317. The highest BCUT2D eigenvalue weighted by atomic mass is 16.7. The summed E-state index contributed by atoms with van der Waals surface area (Å²) in [7, 11) is 1.75. The van der Waals surface area contributed by atoms with Gasteiger partial charge in [-0.3, -0.25) is 4.84 Å². The van der Waals surface area contributed by atoms with Crippen LogP contribution in [0, 0.1) is 0 Å². The van der Waals surface area contributed by atoms with Crippen molar-refractivity contribution < 1.29 is 4.84 Å². The third-order valence-corrected chi connectivity index (χ3v) is 1.98. The average Bonchev–Trinajstić information content (AvgIpc) is 2.17. The zero-order valence-electron chi connectivity index (χ0n) is 10.3. The molecular weight excluding hydrogens is 204 g/mol. The van der Waals surface area contributed by atoms with Crippen LogP contribution in [-0.4, -0.2) is 29.2 Å². The van der Waals surface area contributed by atoms with Gasteiger partial charge >= 0.3 is 0 Å². The summed E-state index contributed by atoms with van der Waals surface area (Å²) in [4.78, 5) is 13.6. The molecule has 0 saturated heterocycles. The Hall–Kier alpha value is -1.20. The monoisotopic (exact) mass is 224 g/mol. The lowest BCUT2D eigenvalue weighted by Gasteiger charge is -2.12. The summed E-state index contributed by atoms with van der Waals surface area (Å²) in [6, 6.07) is 2.32. The van der Waals surface area contributed by atoms with E-state index in [1.54, 1.807) is 13.4 Å². The molecule has 5 heteroatoms. The van der Waals surface area contributed by atoms with E-state index in [1.165, 1.54) is 0 Å². The second kappa shape index (κ2) is 6.40. The molecule has 2 N–H and O–H groups in total. The van der Waals surface area contributed by atoms with Gasteiger partial charge in [-0.1, -0.05) is 0 Å². The van der Waals surface area contributed by atoms with Crippen molar-refractivity contribution in [2.75, 3.05) is 12.4 Å². The van der Waals surface area contributed by atoms with E-state index >= 15 is 0 Å². The van der Waals surface area contributed by atoms with Crippen molar-refractivity contribution in [1.82, 2.24) is 15.4 Å². The van der Waals surface area contributed by atoms with Crippen LogP contribution in [0.5, 0.6) is 0 Å². The van der Waals surface area contributed by atoms with Gasteiger partial charge in [0.1, 0.15) is 12.1 Å². The first-order valence-electron chi connectivity index (χ1n) is 5.51. The molecule has 5 nitrogen and oxygen atoms in total. The molecule has 1 rings (SSSR count). The summed E-state index contributed by atoms with van der Waals surface area (Å²) >= 11 is 0. The minimum Gasteiger partial charge on any atom is -0.368 e. The topological polar surface area (TPSA) is 59.1 Å². The van der Waals surface area contributed by atoms with Crippen molar-refractivity contribution in [2.24, 2.45) is 0 Å². The molecule has 0 aliphatic carbocycles. The van der Waals surface area contributed by atoms with Crippen LogP contribution in [0.3, 0.4) is 0 Å². The number of anilines is 1. The molecule has 1 atom stereocenters. The molecule has 1 heterocycles. The molecular formula is C11H20N4O. The standard InChI is InChI=1S/C11H20N4O/c1-8(2)15-11-6-10(13-7-14-11)5-9(3)16-12-4/h6-9,12H,5H2,1-4H3,(H,13,14,15). The zero-order valence-corrected chi connectivity index (χ0v) is 10.3. The molecule has 90 valence electrons. The second-order valence-corrected chi connectivity index (χ2v) is 4.03. The number of hydroxylamine groups is 1. The van der Waals surface area contributed by atoms with Gasteiger partial charge in [-0.05, 0) is 20.8 Å². The number of rotatable bonds is 6. The van der Waals surface area contributed by atoms with E-state index < -0.39 is 0 Å². The Morgan fingerprint density at radius 2 is 2.06 bits per heavy atom. The highest BCUT2D eigenvalue weighted by Gasteiger charge is 2.06. The number of nitrogens with zero attached hydrogens (tertiary/aromatic N) is 2. The summed E-state index contributed by atoms with van der Waals surface area (Å²) in [5, 5.41) is 3.24. The van der Waals surface area contributed by atoms with Gasteiger partial charge in [-0.2, -0.15) is 0 Å². The summed E-state index contributed by atoms with van der Waals surface area (Å²) in [5.74, 6) is 0.858. The fourth-order valence-electron chi connectivity index (χ4n) is 1.42. The minimum atomic E-state index is 0.0896. The van der Waals surface area contributed by atoms with Crippen LogP contribution in [0.4, 0.5) is 5.82 Å². The molecule has 0 aliphatic rings. The van der Waals surface area contributed by atoms with E-state index in [4.69, 9.17) is 4.84 Å². The molecule has 0 fully saturated rings. The predicted octanol–water partition coefficient (Wildman–Crippen LogP) is 1.38. The van der Waals surface area contributed by atoms with E-state index in [0.717, 1.165) is 17.9 Å². The maximum absolute atomic E-state index is 5.24. The lowest BCUT2D eigenvalue weighted by molar-refractivity contribution is -0.00108. The number of nitrogens with one attached hydrogen (secondary N) is 2. The molecule has 0 amide bonds. The molecule has 0 saturated carbocycles. The maximum Gasteiger partial charge on any atom is 0.129 e. The molecule has 0 aromatic carbocycles. The third-order valence-electron chi connectivity index (χ3n) is 1.98. The normalized spacial score (nSPS) is 12.8. The molecule has 0 radical (unpaired) electrons. The van der Waals surface area contributed by atoms with Gasteiger partial charge in [0.2, 0.25) is 0 Å². The molecule has 1 aromatic heterocycles. The summed E-state index contributed by atoms with van der Waals surface area (Å²) in [6.07, 6.45) is 2.43. The zero-order chi connectivity index (χ0) is 12.0. The van der Waals surface area contributed by atoms with Crippen molar-refractivity contribution in [3.8, 4) is 0 Å². The van der Waals surface area contributed by atoms with Crippen molar-refractivity contribution in [3.63, 3.8) is 0 Å². The number of hydrogen-bond acceptors (Lipinski definition) is 5. The first-order chi connectivity index (χ1) is 7.61. The van der Waals surface area contributed by atoms with Gasteiger partial charge in [0, 0.05) is 31.3 Å². The Labute approximate surface area is 96.6 Å². The number of hydrogen-bond donors (Lipinski definition) is 2. The highest BCUT2D eigenvalue weighted by molar-refractivity contribution is 5.35. The minimum absolute atomic E-state index is 0.0896. The summed E-state index contributed by atoms with van der Waals surface area (Å²) in [5.41, 5.74) is 3.65. The van der Waals surface area contributed by atoms with Crippen LogP contribution < -0.4 is 10.8 Å². The van der Waals surface area contributed by atoms with Crippen LogP contribution in [-0.2, 0) is 11.3 Å². The lowest BCUT2D eigenvalue weighted by atomic mass is 10.2. The Balaban J connectivity index is 2.59. The van der Waals surface area contributed by atoms with Crippen LogP contribution >= 0.6 is 0 Å². The average molecular weight is 224 g/mol. The summed E-state index contributed by atoms with van der Waals surface area (Å²) < 4.78 is 0. The van der Waals surface area contributed by atoms with Crippen LogP contribution in [0.25, 0.3) is 0 Å². The van der Waals surface area contributed by atoms with Gasteiger partial charge < -0.3 is 5.32 Å². The molecule has 0 bridgehead atoms. The van der Waals surface area contributed by atoms with E-state index in [1.807, 2.05) is 13.0 Å². The highest BCUT2D eigenvalue weighted by Crippen LogP contribution is 2.08. The number of aromatic nitrogens is 2. The lowest BCUT2D eigenvalue weighted by Crippen LogP contribution is -2.20. The van der Waals surface area contributed by atoms with Crippen molar-refractivity contribution >= 4 is 5.82 Å². The van der Waals surface area contributed by atoms with Crippen molar-refractivity contribution in [3.05, 3.63) is 18.1 Å². The molecule has 16 heavy (non-hydrogen) atoms. The van der Waals surface area contributed by atoms with Crippen molar-refractivity contribution in [1.29, 1.82) is 0 Å². The van der Waals surface area contributed by atoms with E-state index in [0.29, 0.717) is 6.04 Å². The fourth-order valence-corrected chi connectivity index (χ4v) is 1.42. The molecule has 1 unspecified atom stereocenters. The van der Waals surface area contributed by atoms with Crippen LogP contribution in [0.15, 0.2) is 12.4 Å². The van der Waals surface area contributed by atoms with Gasteiger partial charge in [0.15, 0.2) is 0 Å². The molecule has 0 spiro atoms. The molecule has 0 aliphatic heterocycles. The maximum atomic E-state index is 5.24. The quantitative estimate of drug-likeness (QED) is 0.715. The smallest absolute Gasteiger partial charge is 0.129 e. The van der Waals surface area contributed by atoms with Gasteiger partial charge in [0.25, 0.3) is 0 Å². The van der Waals surface area contributed by atoms with Crippen LogP contribution in [0.2, 0.25) is 0 Å². The van der Waals surface area contributed by atoms with E-state index in [-0.39, 0.29) is 6.10 Å². The Kier molecular flexibility index (Phi) is 5.14. The largest absolute Gasteiger partial charge is 0.368 e. The van der Waals surface area contributed by atoms with Gasteiger partial charge in [0.05, 0.1) is 6.10 Å². The molecule has 1 aromatic rings.